The van der Waals surface area contributed by atoms with E-state index >= 15 is 0 Å². The van der Waals surface area contributed by atoms with Gasteiger partial charge in [-0.3, -0.25) is 9.69 Å². The highest BCUT2D eigenvalue weighted by Crippen LogP contribution is 2.30. The third-order valence-electron chi connectivity index (χ3n) is 5.07. The molecule has 26 heavy (non-hydrogen) atoms. The van der Waals surface area contributed by atoms with Crippen LogP contribution in [0.15, 0.2) is 4.52 Å². The van der Waals surface area contributed by atoms with Gasteiger partial charge in [0.1, 0.15) is 6.61 Å². The molecule has 1 aromatic rings. The van der Waals surface area contributed by atoms with Crippen molar-refractivity contribution in [3.63, 3.8) is 0 Å². The van der Waals surface area contributed by atoms with Gasteiger partial charge in [0.25, 0.3) is 5.89 Å². The topological polar surface area (TPSA) is 80.9 Å². The van der Waals surface area contributed by atoms with Crippen LogP contribution in [-0.2, 0) is 20.9 Å². The van der Waals surface area contributed by atoms with Crippen LogP contribution in [0.1, 0.15) is 56.3 Å². The lowest BCUT2D eigenvalue weighted by atomic mass is 10.2. The van der Waals surface area contributed by atoms with Gasteiger partial charge in [0.15, 0.2) is 5.82 Å². The lowest BCUT2D eigenvalue weighted by molar-refractivity contribution is -0.133. The van der Waals surface area contributed by atoms with E-state index in [0.29, 0.717) is 31.5 Å². The summed E-state index contributed by atoms with van der Waals surface area (Å²) in [5, 5.41) is 4.09. The van der Waals surface area contributed by atoms with Gasteiger partial charge in [0.05, 0.1) is 25.8 Å². The zero-order valence-electron chi connectivity index (χ0n) is 15.7. The fraction of sp³-hybridized carbons (Fsp3) is 0.833. The zero-order chi connectivity index (χ0) is 18.2. The fourth-order valence-corrected chi connectivity index (χ4v) is 3.67. The van der Waals surface area contributed by atoms with Crippen molar-refractivity contribution in [2.75, 3.05) is 46.5 Å². The van der Waals surface area contributed by atoms with E-state index in [4.69, 9.17) is 14.0 Å². The zero-order valence-corrected chi connectivity index (χ0v) is 15.7. The molecule has 0 bridgehead atoms. The highest BCUT2D eigenvalue weighted by molar-refractivity contribution is 5.79. The Kier molecular flexibility index (Phi) is 7.40. The number of hydrogen-bond donors (Lipinski definition) is 0. The summed E-state index contributed by atoms with van der Waals surface area (Å²) < 4.78 is 15.6. The van der Waals surface area contributed by atoms with E-state index in [0.717, 1.165) is 32.5 Å². The van der Waals surface area contributed by atoms with Gasteiger partial charge in [-0.25, -0.2) is 0 Å². The molecule has 8 heteroatoms. The van der Waals surface area contributed by atoms with Crippen molar-refractivity contribution in [1.82, 2.24) is 19.9 Å². The number of hydrogen-bond acceptors (Lipinski definition) is 7. The molecule has 8 nitrogen and oxygen atoms in total. The SMILES string of the molecule is COCCOCc1nc(C2CCCN2C(=O)CN2CCCCCC2)no1. The van der Waals surface area contributed by atoms with Crippen LogP contribution in [-0.4, -0.2) is 72.4 Å². The molecule has 3 rings (SSSR count). The molecule has 1 amide bonds. The first-order valence-corrected chi connectivity index (χ1v) is 9.69. The minimum absolute atomic E-state index is 0.0778. The van der Waals surface area contributed by atoms with E-state index in [1.807, 2.05) is 4.90 Å². The third kappa shape index (κ3) is 5.25. The molecule has 0 N–H and O–H groups in total. The van der Waals surface area contributed by atoms with Gasteiger partial charge in [-0.2, -0.15) is 4.98 Å². The van der Waals surface area contributed by atoms with Crippen LogP contribution < -0.4 is 0 Å². The number of likely N-dealkylation sites (tertiary alicyclic amines) is 2. The molecular formula is C18H30N4O4. The molecule has 1 aromatic heterocycles. The van der Waals surface area contributed by atoms with Crippen LogP contribution in [0.4, 0.5) is 0 Å². The summed E-state index contributed by atoms with van der Waals surface area (Å²) in [7, 11) is 1.63. The molecule has 0 spiro atoms. The van der Waals surface area contributed by atoms with E-state index in [-0.39, 0.29) is 18.6 Å². The lowest BCUT2D eigenvalue weighted by Gasteiger charge is -2.26. The van der Waals surface area contributed by atoms with Gasteiger partial charge in [0, 0.05) is 13.7 Å². The van der Waals surface area contributed by atoms with Crippen molar-refractivity contribution >= 4 is 5.91 Å². The Morgan fingerprint density at radius 1 is 1.15 bits per heavy atom. The minimum Gasteiger partial charge on any atom is -0.382 e. The molecule has 0 saturated carbocycles. The summed E-state index contributed by atoms with van der Waals surface area (Å²) in [4.78, 5) is 21.5. The number of amides is 1. The number of aromatic nitrogens is 2. The Morgan fingerprint density at radius 2 is 1.96 bits per heavy atom. The van der Waals surface area contributed by atoms with Crippen molar-refractivity contribution < 1.29 is 18.8 Å². The van der Waals surface area contributed by atoms with Crippen LogP contribution >= 0.6 is 0 Å². The van der Waals surface area contributed by atoms with Crippen LogP contribution in [0.25, 0.3) is 0 Å². The van der Waals surface area contributed by atoms with Crippen molar-refractivity contribution in [3.05, 3.63) is 11.7 Å². The maximum absolute atomic E-state index is 12.8. The summed E-state index contributed by atoms with van der Waals surface area (Å²) >= 11 is 0. The second kappa shape index (κ2) is 9.99. The van der Waals surface area contributed by atoms with Crippen LogP contribution in [0.5, 0.6) is 0 Å². The molecule has 0 aromatic carbocycles. The Bertz CT molecular complexity index is 557. The highest BCUT2D eigenvalue weighted by Gasteiger charge is 2.34. The minimum atomic E-state index is -0.0778. The molecule has 146 valence electrons. The van der Waals surface area contributed by atoms with Gasteiger partial charge < -0.3 is 18.9 Å². The normalized spacial score (nSPS) is 21.9. The predicted octanol–water partition coefficient (Wildman–Crippen LogP) is 1.77. The Labute approximate surface area is 154 Å². The number of carbonyl (C=O) groups excluding carboxylic acids is 1. The largest absolute Gasteiger partial charge is 0.382 e. The van der Waals surface area contributed by atoms with Crippen LogP contribution in [0.3, 0.4) is 0 Å². The van der Waals surface area contributed by atoms with Gasteiger partial charge >= 0.3 is 0 Å². The van der Waals surface area contributed by atoms with Crippen molar-refractivity contribution in [2.24, 2.45) is 0 Å². The fourth-order valence-electron chi connectivity index (χ4n) is 3.67. The first kappa shape index (κ1) is 19.3. The average Bonchev–Trinajstić information content (AvgIpc) is 3.24. The smallest absolute Gasteiger partial charge is 0.252 e. The summed E-state index contributed by atoms with van der Waals surface area (Å²) in [6.45, 7) is 4.60. The third-order valence-corrected chi connectivity index (χ3v) is 5.07. The molecular weight excluding hydrogens is 336 g/mol. The summed E-state index contributed by atoms with van der Waals surface area (Å²) in [5.74, 6) is 1.22. The number of methoxy groups -OCH3 is 1. The first-order chi connectivity index (χ1) is 12.8. The predicted molar refractivity (Wildman–Crippen MR) is 94.4 cm³/mol. The maximum Gasteiger partial charge on any atom is 0.252 e. The van der Waals surface area contributed by atoms with Gasteiger partial charge in [-0.05, 0) is 38.8 Å². The monoisotopic (exact) mass is 366 g/mol. The van der Waals surface area contributed by atoms with E-state index in [1.54, 1.807) is 7.11 Å². The summed E-state index contributed by atoms with van der Waals surface area (Å²) in [6.07, 6.45) is 6.78. The standard InChI is InChI=1S/C18H30N4O4/c1-24-11-12-25-14-16-19-18(20-26-16)15-7-6-10-22(15)17(23)13-21-8-4-2-3-5-9-21/h15H,2-14H2,1H3. The van der Waals surface area contributed by atoms with E-state index < -0.39 is 0 Å². The van der Waals surface area contributed by atoms with Crippen molar-refractivity contribution in [1.29, 1.82) is 0 Å². The summed E-state index contributed by atoms with van der Waals surface area (Å²) in [6, 6.07) is -0.0778. The molecule has 3 heterocycles. The highest BCUT2D eigenvalue weighted by atomic mass is 16.5. The Morgan fingerprint density at radius 3 is 2.73 bits per heavy atom. The molecule has 0 aliphatic carbocycles. The number of carbonyl (C=O) groups is 1. The second-order valence-corrected chi connectivity index (χ2v) is 7.03. The van der Waals surface area contributed by atoms with E-state index in [2.05, 4.69) is 15.0 Å². The number of nitrogens with zero attached hydrogens (tertiary/aromatic N) is 4. The lowest BCUT2D eigenvalue weighted by Crippen LogP contribution is -2.40. The maximum atomic E-state index is 12.8. The van der Waals surface area contributed by atoms with E-state index in [9.17, 15) is 4.79 Å². The molecule has 1 atom stereocenters. The second-order valence-electron chi connectivity index (χ2n) is 7.03. The molecule has 0 radical (unpaired) electrons. The Hall–Kier alpha value is -1.51. The van der Waals surface area contributed by atoms with E-state index in [1.165, 1.54) is 25.7 Å². The molecule has 2 saturated heterocycles. The molecule has 2 aliphatic heterocycles. The number of rotatable bonds is 8. The average molecular weight is 366 g/mol. The molecule has 2 aliphatic rings. The van der Waals surface area contributed by atoms with Crippen molar-refractivity contribution in [2.45, 2.75) is 51.2 Å². The van der Waals surface area contributed by atoms with Gasteiger partial charge in [0.2, 0.25) is 5.91 Å². The van der Waals surface area contributed by atoms with Gasteiger partial charge in [-0.1, -0.05) is 18.0 Å². The quantitative estimate of drug-likeness (QED) is 0.649. The van der Waals surface area contributed by atoms with Crippen LogP contribution in [0.2, 0.25) is 0 Å². The molecule has 1 unspecified atom stereocenters. The molecule has 2 fully saturated rings. The summed E-state index contributed by atoms with van der Waals surface area (Å²) in [5.41, 5.74) is 0. The van der Waals surface area contributed by atoms with Gasteiger partial charge in [-0.15, -0.1) is 0 Å². The Balaban J connectivity index is 1.53. The first-order valence-electron chi connectivity index (χ1n) is 9.69. The number of ether oxygens (including phenoxy) is 2. The van der Waals surface area contributed by atoms with Crippen molar-refractivity contribution in [3.8, 4) is 0 Å². The van der Waals surface area contributed by atoms with Crippen LogP contribution in [0, 0.1) is 0 Å².